The second-order valence-electron chi connectivity index (χ2n) is 13.8. The van der Waals surface area contributed by atoms with Crippen LogP contribution in [-0.4, -0.2) is 63.4 Å². The van der Waals surface area contributed by atoms with E-state index in [0.29, 0.717) is 12.0 Å². The summed E-state index contributed by atoms with van der Waals surface area (Å²) in [5.41, 5.74) is -0.415. The number of nitrogens with one attached hydrogen (secondary N) is 2. The second-order valence-corrected chi connectivity index (χ2v) is 14.2. The third kappa shape index (κ3) is 11.5. The summed E-state index contributed by atoms with van der Waals surface area (Å²) < 4.78 is 11.1. The fourth-order valence-corrected chi connectivity index (χ4v) is 4.94. The van der Waals surface area contributed by atoms with E-state index in [4.69, 9.17) is 9.47 Å². The van der Waals surface area contributed by atoms with Crippen molar-refractivity contribution in [2.75, 3.05) is 5.75 Å². The van der Waals surface area contributed by atoms with Crippen molar-refractivity contribution in [1.82, 2.24) is 15.5 Å². The summed E-state index contributed by atoms with van der Waals surface area (Å²) in [7, 11) is 0. The van der Waals surface area contributed by atoms with E-state index in [1.807, 2.05) is 57.2 Å². The van der Waals surface area contributed by atoms with E-state index in [9.17, 15) is 19.2 Å². The minimum absolute atomic E-state index is 0.0516. The van der Waals surface area contributed by atoms with Crippen LogP contribution in [0.3, 0.4) is 0 Å². The Hall–Kier alpha value is -3.79. The van der Waals surface area contributed by atoms with Gasteiger partial charge < -0.3 is 25.0 Å². The fourth-order valence-electron chi connectivity index (χ4n) is 4.69. The number of ether oxygens (including phenoxy) is 2. The first-order chi connectivity index (χ1) is 21.3. The molecule has 0 radical (unpaired) electrons. The fraction of sp³-hybridized carbons (Fsp3) is 0.500. The van der Waals surface area contributed by atoms with Gasteiger partial charge in [-0.15, -0.1) is 0 Å². The number of hydrogen-bond donors (Lipinski definition) is 3. The highest BCUT2D eigenvalue weighted by Crippen LogP contribution is 2.33. The average Bonchev–Trinajstić information content (AvgIpc) is 2.96. The van der Waals surface area contributed by atoms with Crippen molar-refractivity contribution in [2.45, 2.75) is 110 Å². The van der Waals surface area contributed by atoms with Gasteiger partial charge in [-0.1, -0.05) is 68.1 Å². The predicted octanol–water partition coefficient (Wildman–Crippen LogP) is 6.28. The zero-order chi connectivity index (χ0) is 34.9. The molecule has 0 saturated carbocycles. The molecule has 0 fully saturated rings. The number of nitrogens with zero attached hydrogens (tertiary/aromatic N) is 1. The Labute approximate surface area is 279 Å². The van der Waals surface area contributed by atoms with Crippen LogP contribution in [-0.2, 0) is 30.3 Å². The van der Waals surface area contributed by atoms with Crippen LogP contribution >= 0.6 is 12.6 Å². The Kier molecular flexibility index (Phi) is 13.5. The molecule has 0 spiro atoms. The maximum absolute atomic E-state index is 14.6. The summed E-state index contributed by atoms with van der Waals surface area (Å²) >= 11 is 4.38. The van der Waals surface area contributed by atoms with Crippen molar-refractivity contribution in [1.29, 1.82) is 0 Å². The van der Waals surface area contributed by atoms with Gasteiger partial charge in [0.2, 0.25) is 11.8 Å². The topological polar surface area (TPSA) is 114 Å². The molecule has 9 nitrogen and oxygen atoms in total. The van der Waals surface area contributed by atoms with Gasteiger partial charge in [-0.05, 0) is 84.6 Å². The molecule has 3 atom stereocenters. The molecule has 2 N–H and O–H groups in total. The maximum atomic E-state index is 14.6. The van der Waals surface area contributed by atoms with Gasteiger partial charge in [0, 0.05) is 17.7 Å². The maximum Gasteiger partial charge on any atom is 0.408 e. The van der Waals surface area contributed by atoms with Crippen LogP contribution in [0, 0.1) is 0 Å². The number of carbonyl (C=O) groups excluding carboxylic acids is 4. The molecule has 0 aliphatic rings. The van der Waals surface area contributed by atoms with Gasteiger partial charge in [-0.3, -0.25) is 9.59 Å². The van der Waals surface area contributed by atoms with Crippen molar-refractivity contribution in [3.8, 4) is 0 Å². The molecule has 0 heterocycles. The van der Waals surface area contributed by atoms with Crippen LogP contribution in [0.5, 0.6) is 0 Å². The number of benzene rings is 2. The smallest absolute Gasteiger partial charge is 0.408 e. The Balaban J connectivity index is 2.69. The Morgan fingerprint density at radius 2 is 1.48 bits per heavy atom. The number of rotatable bonds is 13. The largest absolute Gasteiger partial charge is 0.458 e. The van der Waals surface area contributed by atoms with Gasteiger partial charge in [0.05, 0.1) is 0 Å². The lowest BCUT2D eigenvalue weighted by Crippen LogP contribution is -2.60. The predicted molar refractivity (Wildman–Crippen MR) is 185 cm³/mol. The SMILES string of the molecule is C=Cc1cccc(C(C(=O)NC(Cc2ccccc2)C(=O)OC(C)(C)C)N(C(=O)C(CS)NC(=O)OC(C)(C)C)C(C)(C)CC)c1. The molecule has 46 heavy (non-hydrogen) atoms. The molecule has 0 aliphatic carbocycles. The monoisotopic (exact) mass is 653 g/mol. The molecule has 10 heteroatoms. The highest BCUT2D eigenvalue weighted by atomic mass is 32.1. The van der Waals surface area contributed by atoms with E-state index in [-0.39, 0.29) is 12.2 Å². The first kappa shape index (κ1) is 38.4. The van der Waals surface area contributed by atoms with E-state index in [1.54, 1.807) is 65.8 Å². The normalized spacial score (nSPS) is 13.9. The van der Waals surface area contributed by atoms with Gasteiger partial charge >= 0.3 is 12.1 Å². The molecule has 252 valence electrons. The Bertz CT molecular complexity index is 1360. The minimum atomic E-state index is -1.20. The van der Waals surface area contributed by atoms with Gasteiger partial charge in [0.15, 0.2) is 0 Å². The van der Waals surface area contributed by atoms with E-state index in [0.717, 1.165) is 11.1 Å². The van der Waals surface area contributed by atoms with E-state index in [2.05, 4.69) is 29.8 Å². The summed E-state index contributed by atoms with van der Waals surface area (Å²) in [6.45, 7) is 19.9. The molecular formula is C36H51N3O6S. The van der Waals surface area contributed by atoms with Crippen LogP contribution in [0.4, 0.5) is 4.79 Å². The molecule has 0 aliphatic heterocycles. The molecule has 3 amide bonds. The first-order valence-electron chi connectivity index (χ1n) is 15.5. The van der Waals surface area contributed by atoms with E-state index >= 15 is 0 Å². The number of carbonyl (C=O) groups is 4. The van der Waals surface area contributed by atoms with Crippen molar-refractivity contribution in [3.63, 3.8) is 0 Å². The van der Waals surface area contributed by atoms with Crippen molar-refractivity contribution >= 4 is 42.6 Å². The molecule has 2 aromatic rings. The summed E-state index contributed by atoms with van der Waals surface area (Å²) in [6, 6.07) is 13.1. The highest BCUT2D eigenvalue weighted by Gasteiger charge is 2.44. The number of alkyl carbamates (subject to hydrolysis) is 1. The third-order valence-corrected chi connectivity index (χ3v) is 7.55. The van der Waals surface area contributed by atoms with Gasteiger partial charge in [0.1, 0.15) is 29.3 Å². The number of amides is 3. The molecule has 2 aromatic carbocycles. The third-order valence-electron chi connectivity index (χ3n) is 7.19. The summed E-state index contributed by atoms with van der Waals surface area (Å²) in [5, 5.41) is 5.55. The van der Waals surface area contributed by atoms with Crippen molar-refractivity contribution in [2.24, 2.45) is 0 Å². The van der Waals surface area contributed by atoms with Gasteiger partial charge in [-0.2, -0.15) is 12.6 Å². The van der Waals surface area contributed by atoms with Crippen LogP contribution in [0.15, 0.2) is 61.2 Å². The van der Waals surface area contributed by atoms with E-state index in [1.165, 1.54) is 4.90 Å². The molecule has 3 unspecified atom stereocenters. The number of hydrogen-bond acceptors (Lipinski definition) is 7. The van der Waals surface area contributed by atoms with Gasteiger partial charge in [-0.25, -0.2) is 9.59 Å². The second kappa shape index (κ2) is 16.2. The molecule has 0 aromatic heterocycles. The highest BCUT2D eigenvalue weighted by molar-refractivity contribution is 7.80. The lowest BCUT2D eigenvalue weighted by atomic mass is 9.91. The average molecular weight is 654 g/mol. The summed E-state index contributed by atoms with van der Waals surface area (Å²) in [6.07, 6.45) is 1.51. The quantitative estimate of drug-likeness (QED) is 0.173. The zero-order valence-electron chi connectivity index (χ0n) is 28.7. The summed E-state index contributed by atoms with van der Waals surface area (Å²) in [5.74, 6) is -1.77. The Morgan fingerprint density at radius 1 is 0.870 bits per heavy atom. The first-order valence-corrected chi connectivity index (χ1v) is 16.2. The summed E-state index contributed by atoms with van der Waals surface area (Å²) in [4.78, 5) is 56.8. The van der Waals surface area contributed by atoms with Crippen LogP contribution < -0.4 is 10.6 Å². The van der Waals surface area contributed by atoms with Crippen molar-refractivity contribution < 1.29 is 28.7 Å². The molecule has 0 saturated heterocycles. The Morgan fingerprint density at radius 3 is 2.00 bits per heavy atom. The number of thiol groups is 1. The molecular weight excluding hydrogens is 602 g/mol. The van der Waals surface area contributed by atoms with Crippen LogP contribution in [0.25, 0.3) is 6.08 Å². The zero-order valence-corrected chi connectivity index (χ0v) is 29.6. The van der Waals surface area contributed by atoms with Crippen LogP contribution in [0.1, 0.15) is 91.5 Å². The van der Waals surface area contributed by atoms with Gasteiger partial charge in [0.25, 0.3) is 0 Å². The molecule has 0 bridgehead atoms. The lowest BCUT2D eigenvalue weighted by Gasteiger charge is -2.44. The van der Waals surface area contributed by atoms with E-state index < -0.39 is 58.7 Å². The van der Waals surface area contributed by atoms with Crippen LogP contribution in [0.2, 0.25) is 0 Å². The number of esters is 1. The molecule has 2 rings (SSSR count). The standard InChI is InChI=1S/C36H51N3O6S/c1-11-24-19-16-20-26(21-24)29(30(40)37-27(32(42)44-34(3,4)5)22-25-17-14-13-15-18-25)39(36(9,10)12-2)31(41)28(23-46)38-33(43)45-35(6,7)8/h11,13-21,27-29,46H,1,12,22-23H2,2-10H3,(H,37,40)(H,38,43). The lowest BCUT2D eigenvalue weighted by molar-refractivity contribution is -0.159. The minimum Gasteiger partial charge on any atom is -0.458 e. The van der Waals surface area contributed by atoms with Crippen molar-refractivity contribution in [3.05, 3.63) is 77.9 Å².